The number of fused-ring (bicyclic) bond motifs is 1. The van der Waals surface area contributed by atoms with Crippen molar-refractivity contribution in [2.45, 2.75) is 12.5 Å². The predicted octanol–water partition coefficient (Wildman–Crippen LogP) is 0.424. The Balaban J connectivity index is 1.93. The molecule has 2 saturated heterocycles. The van der Waals surface area contributed by atoms with E-state index in [2.05, 4.69) is 0 Å². The van der Waals surface area contributed by atoms with Gasteiger partial charge in [-0.05, 0) is 18.3 Å². The van der Waals surface area contributed by atoms with Crippen LogP contribution in [-0.2, 0) is 9.53 Å². The minimum absolute atomic E-state index is 0.113. The molecule has 2 heteroatoms. The Morgan fingerprint density at radius 3 is 2.70 bits per heavy atom. The quantitative estimate of drug-likeness (QED) is 0.451. The average molecular weight is 136 g/mol. The summed E-state index contributed by atoms with van der Waals surface area (Å²) in [6, 6.07) is 0. The molecule has 3 aliphatic carbocycles. The molecule has 5 aliphatic rings. The number of hydrogen-bond acceptors (Lipinski definition) is 2. The third-order valence-corrected chi connectivity index (χ3v) is 4.03. The van der Waals surface area contributed by atoms with Gasteiger partial charge in [0, 0.05) is 11.8 Å². The van der Waals surface area contributed by atoms with Crippen molar-refractivity contribution in [3.05, 3.63) is 0 Å². The number of carbonyl (C=O) groups excluding carboxylic acids is 1. The Labute approximate surface area is 58.5 Å². The lowest BCUT2D eigenvalue weighted by atomic mass is 9.74. The highest BCUT2D eigenvalue weighted by molar-refractivity contribution is 5.78. The zero-order chi connectivity index (χ0) is 6.46. The van der Waals surface area contributed by atoms with Crippen molar-refractivity contribution in [3.63, 3.8) is 0 Å². The van der Waals surface area contributed by atoms with Crippen LogP contribution in [-0.4, -0.2) is 12.1 Å². The predicted molar refractivity (Wildman–Crippen MR) is 31.9 cm³/mol. The fourth-order valence-electron chi connectivity index (χ4n) is 3.67. The summed E-state index contributed by atoms with van der Waals surface area (Å²) in [4.78, 5) is 11.1. The first-order valence-corrected chi connectivity index (χ1v) is 4.08. The molecule has 0 spiro atoms. The Kier molecular flexibility index (Phi) is 0.409. The van der Waals surface area contributed by atoms with Gasteiger partial charge in [-0.1, -0.05) is 0 Å². The summed E-state index contributed by atoms with van der Waals surface area (Å²) < 4.78 is 5.23. The molecule has 0 amide bonds. The third-order valence-electron chi connectivity index (χ3n) is 4.03. The molecular formula is C8H8O2. The molecule has 0 radical (unpaired) electrons. The van der Waals surface area contributed by atoms with Crippen molar-refractivity contribution < 1.29 is 9.53 Å². The van der Waals surface area contributed by atoms with Gasteiger partial charge in [0.2, 0.25) is 0 Å². The SMILES string of the molecule is O=C1OC2C3CC1C1C3[C@@H]21. The molecule has 5 fully saturated rings. The fraction of sp³-hybridized carbons (Fsp3) is 0.875. The molecule has 3 saturated carbocycles. The summed E-state index contributed by atoms with van der Waals surface area (Å²) in [6.45, 7) is 0. The van der Waals surface area contributed by atoms with Gasteiger partial charge in [-0.2, -0.15) is 0 Å². The van der Waals surface area contributed by atoms with Crippen molar-refractivity contribution in [1.29, 1.82) is 0 Å². The molecule has 0 aromatic rings. The van der Waals surface area contributed by atoms with E-state index >= 15 is 0 Å². The molecule has 2 heterocycles. The molecule has 0 N–H and O–H groups in total. The van der Waals surface area contributed by atoms with Crippen molar-refractivity contribution >= 4 is 5.97 Å². The summed E-state index contributed by atoms with van der Waals surface area (Å²) in [5.74, 6) is 3.81. The summed E-state index contributed by atoms with van der Waals surface area (Å²) in [7, 11) is 0. The second kappa shape index (κ2) is 0.936. The number of hydrogen-bond donors (Lipinski definition) is 0. The number of carbonyl (C=O) groups is 1. The highest BCUT2D eigenvalue weighted by atomic mass is 16.6. The van der Waals surface area contributed by atoms with E-state index in [1.54, 1.807) is 0 Å². The highest BCUT2D eigenvalue weighted by Gasteiger charge is 2.81. The van der Waals surface area contributed by atoms with E-state index in [1.807, 2.05) is 0 Å². The van der Waals surface area contributed by atoms with E-state index in [0.29, 0.717) is 12.0 Å². The van der Waals surface area contributed by atoms with E-state index in [0.717, 1.165) is 30.1 Å². The lowest BCUT2D eigenvalue weighted by molar-refractivity contribution is -0.181. The largest absolute Gasteiger partial charge is 0.462 e. The Morgan fingerprint density at radius 2 is 2.20 bits per heavy atom. The van der Waals surface area contributed by atoms with Crippen LogP contribution >= 0.6 is 0 Å². The van der Waals surface area contributed by atoms with Gasteiger partial charge in [0.25, 0.3) is 0 Å². The number of ether oxygens (including phenoxy) is 1. The second-order valence-corrected chi connectivity index (χ2v) is 4.14. The van der Waals surface area contributed by atoms with Crippen LogP contribution < -0.4 is 0 Å². The zero-order valence-electron chi connectivity index (χ0n) is 5.49. The monoisotopic (exact) mass is 136 g/mol. The smallest absolute Gasteiger partial charge is 0.309 e. The van der Waals surface area contributed by atoms with Crippen LogP contribution in [0.15, 0.2) is 0 Å². The van der Waals surface area contributed by atoms with Gasteiger partial charge < -0.3 is 4.74 Å². The first-order chi connectivity index (χ1) is 4.88. The van der Waals surface area contributed by atoms with Crippen molar-refractivity contribution in [3.8, 4) is 0 Å². The van der Waals surface area contributed by atoms with Gasteiger partial charge in [-0.3, -0.25) is 4.79 Å². The summed E-state index contributed by atoms with van der Waals surface area (Å²) >= 11 is 0. The molecule has 0 aromatic carbocycles. The molecule has 2 nitrogen and oxygen atoms in total. The van der Waals surface area contributed by atoms with Crippen LogP contribution in [0.5, 0.6) is 0 Å². The maximum absolute atomic E-state index is 11.1. The third kappa shape index (κ3) is 0.223. The molecule has 10 heavy (non-hydrogen) atoms. The molecule has 0 aromatic heterocycles. The van der Waals surface area contributed by atoms with E-state index in [9.17, 15) is 4.79 Å². The van der Waals surface area contributed by atoms with Gasteiger partial charge >= 0.3 is 5.97 Å². The molecule has 2 aliphatic heterocycles. The van der Waals surface area contributed by atoms with E-state index in [1.165, 1.54) is 0 Å². The number of esters is 1. The highest BCUT2D eigenvalue weighted by Crippen LogP contribution is 2.78. The summed E-state index contributed by atoms with van der Waals surface area (Å²) in [5, 5.41) is 0. The maximum atomic E-state index is 11.1. The minimum atomic E-state index is 0.113. The van der Waals surface area contributed by atoms with Crippen LogP contribution in [0.3, 0.4) is 0 Å². The van der Waals surface area contributed by atoms with Gasteiger partial charge in [0.15, 0.2) is 0 Å². The van der Waals surface area contributed by atoms with E-state index < -0.39 is 0 Å². The van der Waals surface area contributed by atoms with Gasteiger partial charge in [0.05, 0.1) is 5.92 Å². The van der Waals surface area contributed by atoms with Gasteiger partial charge in [0.1, 0.15) is 6.10 Å². The first-order valence-electron chi connectivity index (χ1n) is 4.08. The van der Waals surface area contributed by atoms with Crippen LogP contribution in [0.2, 0.25) is 0 Å². The fourth-order valence-corrected chi connectivity index (χ4v) is 3.67. The van der Waals surface area contributed by atoms with Crippen LogP contribution in [0.25, 0.3) is 0 Å². The van der Waals surface area contributed by atoms with Crippen LogP contribution in [0, 0.1) is 29.6 Å². The average Bonchev–Trinajstić information content (AvgIpc) is 2.51. The normalized spacial score (nSPS) is 72.6. The van der Waals surface area contributed by atoms with Gasteiger partial charge in [-0.15, -0.1) is 0 Å². The Bertz CT molecular complexity index is 241. The summed E-state index contributed by atoms with van der Waals surface area (Å²) in [5.41, 5.74) is 0. The molecule has 52 valence electrons. The maximum Gasteiger partial charge on any atom is 0.309 e. The molecule has 6 atom stereocenters. The minimum Gasteiger partial charge on any atom is -0.462 e. The van der Waals surface area contributed by atoms with Crippen molar-refractivity contribution in [1.82, 2.24) is 0 Å². The molecule has 3 bridgehead atoms. The first kappa shape index (κ1) is 4.37. The van der Waals surface area contributed by atoms with Crippen LogP contribution in [0.4, 0.5) is 0 Å². The summed E-state index contributed by atoms with van der Waals surface area (Å²) in [6.07, 6.45) is 1.54. The standard InChI is InChI=1S/C8H8O2/c9-8-3-1-2-4-5(3)6(4)7(2)10-8/h2-7H,1H2/t2?,3?,4?,5?,6-,7?/m1/s1. The van der Waals surface area contributed by atoms with Gasteiger partial charge in [-0.25, -0.2) is 0 Å². The Morgan fingerprint density at radius 1 is 1.30 bits per heavy atom. The van der Waals surface area contributed by atoms with Crippen LogP contribution in [0.1, 0.15) is 6.42 Å². The molecular weight excluding hydrogens is 128 g/mol. The molecule has 5 rings (SSSR count). The topological polar surface area (TPSA) is 26.3 Å². The van der Waals surface area contributed by atoms with E-state index in [4.69, 9.17) is 4.74 Å². The van der Waals surface area contributed by atoms with E-state index in [-0.39, 0.29) is 5.97 Å². The Hall–Kier alpha value is -0.530. The van der Waals surface area contributed by atoms with Crippen molar-refractivity contribution in [2.75, 3.05) is 0 Å². The molecule has 5 unspecified atom stereocenters. The number of rotatable bonds is 0. The lowest BCUT2D eigenvalue weighted by Gasteiger charge is -2.42. The van der Waals surface area contributed by atoms with Crippen molar-refractivity contribution in [2.24, 2.45) is 29.6 Å². The zero-order valence-corrected chi connectivity index (χ0v) is 5.49. The lowest BCUT2D eigenvalue weighted by Crippen LogP contribution is -2.48. The second-order valence-electron chi connectivity index (χ2n) is 4.14.